The first kappa shape index (κ1) is 15.7. The summed E-state index contributed by atoms with van der Waals surface area (Å²) in [5, 5.41) is 0. The van der Waals surface area contributed by atoms with Gasteiger partial charge >= 0.3 is 5.69 Å². The maximum Gasteiger partial charge on any atom is 0.330 e. The van der Waals surface area contributed by atoms with Crippen LogP contribution in [0.5, 0.6) is 0 Å². The standard InChI is InChI=1S/C18H23N3O2/c1-13-6-4-5-7-16(13)14-8-9-21(11-14)12-15-10-17(22)20(3)18(23)19(15)2/h4-7,10,14H,8-9,11-12H2,1-3H3. The highest BCUT2D eigenvalue weighted by molar-refractivity contribution is 5.30. The van der Waals surface area contributed by atoms with Crippen molar-refractivity contribution >= 4 is 0 Å². The van der Waals surface area contributed by atoms with E-state index in [0.717, 1.165) is 29.8 Å². The Kier molecular flexibility index (Phi) is 4.22. The highest BCUT2D eigenvalue weighted by Crippen LogP contribution is 2.29. The van der Waals surface area contributed by atoms with Crippen molar-refractivity contribution in [1.82, 2.24) is 14.0 Å². The molecule has 5 heteroatoms. The highest BCUT2D eigenvalue weighted by atomic mass is 16.2. The Labute approximate surface area is 135 Å². The van der Waals surface area contributed by atoms with E-state index in [2.05, 4.69) is 36.1 Å². The summed E-state index contributed by atoms with van der Waals surface area (Å²) in [6.45, 7) is 4.75. The van der Waals surface area contributed by atoms with Gasteiger partial charge in [-0.05, 0) is 36.9 Å². The first-order valence-electron chi connectivity index (χ1n) is 8.01. The number of hydrogen-bond acceptors (Lipinski definition) is 3. The van der Waals surface area contributed by atoms with E-state index in [1.54, 1.807) is 17.7 Å². The zero-order chi connectivity index (χ0) is 16.6. The molecule has 1 aromatic heterocycles. The summed E-state index contributed by atoms with van der Waals surface area (Å²) in [6, 6.07) is 10.1. The monoisotopic (exact) mass is 313 g/mol. The van der Waals surface area contributed by atoms with E-state index in [1.807, 2.05) is 0 Å². The number of nitrogens with zero attached hydrogens (tertiary/aromatic N) is 3. The molecule has 2 aromatic rings. The number of aryl methyl sites for hydroxylation is 1. The fraction of sp³-hybridized carbons (Fsp3) is 0.444. The summed E-state index contributed by atoms with van der Waals surface area (Å²) in [5.41, 5.74) is 3.02. The van der Waals surface area contributed by atoms with Gasteiger partial charge in [0.2, 0.25) is 0 Å². The van der Waals surface area contributed by atoms with E-state index < -0.39 is 0 Å². The Morgan fingerprint density at radius 1 is 1.13 bits per heavy atom. The topological polar surface area (TPSA) is 47.2 Å². The molecule has 0 saturated carbocycles. The minimum absolute atomic E-state index is 0.238. The molecule has 2 heterocycles. The lowest BCUT2D eigenvalue weighted by Crippen LogP contribution is -2.39. The SMILES string of the molecule is Cc1ccccc1C1CCN(Cc2cc(=O)n(C)c(=O)n2C)C1. The molecule has 0 aliphatic carbocycles. The second-order valence-electron chi connectivity index (χ2n) is 6.45. The third-order valence-electron chi connectivity index (χ3n) is 4.91. The van der Waals surface area contributed by atoms with Gasteiger partial charge in [0.1, 0.15) is 0 Å². The van der Waals surface area contributed by atoms with E-state index >= 15 is 0 Å². The highest BCUT2D eigenvalue weighted by Gasteiger charge is 2.25. The molecule has 1 atom stereocenters. The van der Waals surface area contributed by atoms with Crippen LogP contribution in [0.1, 0.15) is 29.2 Å². The molecule has 1 aromatic carbocycles. The Morgan fingerprint density at radius 3 is 2.61 bits per heavy atom. The summed E-state index contributed by atoms with van der Waals surface area (Å²) in [5.74, 6) is 0.528. The predicted molar refractivity (Wildman–Crippen MR) is 90.7 cm³/mol. The van der Waals surface area contributed by atoms with Crippen molar-refractivity contribution in [2.75, 3.05) is 13.1 Å². The summed E-state index contributed by atoms with van der Waals surface area (Å²) in [4.78, 5) is 26.2. The zero-order valence-electron chi connectivity index (χ0n) is 14.0. The minimum Gasteiger partial charge on any atom is -0.299 e. The van der Waals surface area contributed by atoms with Crippen molar-refractivity contribution in [3.8, 4) is 0 Å². The molecule has 3 rings (SSSR count). The number of hydrogen-bond donors (Lipinski definition) is 0. The van der Waals surface area contributed by atoms with Gasteiger partial charge in [0.05, 0.1) is 0 Å². The lowest BCUT2D eigenvalue weighted by Gasteiger charge is -2.19. The summed E-state index contributed by atoms with van der Waals surface area (Å²) < 4.78 is 2.71. The van der Waals surface area contributed by atoms with Crippen LogP contribution >= 0.6 is 0 Å². The van der Waals surface area contributed by atoms with Crippen LogP contribution < -0.4 is 11.2 Å². The third kappa shape index (κ3) is 3.01. The average Bonchev–Trinajstić information content (AvgIpc) is 2.99. The minimum atomic E-state index is -0.262. The van der Waals surface area contributed by atoms with Gasteiger partial charge in [-0.25, -0.2) is 4.79 Å². The quantitative estimate of drug-likeness (QED) is 0.860. The molecular formula is C18H23N3O2. The van der Waals surface area contributed by atoms with Crippen LogP contribution in [0.3, 0.4) is 0 Å². The Bertz CT molecular complexity index is 835. The van der Waals surface area contributed by atoms with Crippen LogP contribution in [0, 0.1) is 6.92 Å². The van der Waals surface area contributed by atoms with Crippen LogP contribution in [-0.2, 0) is 20.6 Å². The molecule has 1 saturated heterocycles. The van der Waals surface area contributed by atoms with Crippen molar-refractivity contribution in [2.24, 2.45) is 14.1 Å². The van der Waals surface area contributed by atoms with Crippen molar-refractivity contribution in [3.63, 3.8) is 0 Å². The molecule has 0 spiro atoms. The Balaban J connectivity index is 1.78. The van der Waals surface area contributed by atoms with Crippen molar-refractivity contribution in [2.45, 2.75) is 25.8 Å². The molecule has 23 heavy (non-hydrogen) atoms. The smallest absolute Gasteiger partial charge is 0.299 e. The van der Waals surface area contributed by atoms with Gasteiger partial charge in [0.25, 0.3) is 5.56 Å². The molecule has 0 N–H and O–H groups in total. The third-order valence-corrected chi connectivity index (χ3v) is 4.91. The van der Waals surface area contributed by atoms with Gasteiger partial charge in [-0.15, -0.1) is 0 Å². The lowest BCUT2D eigenvalue weighted by molar-refractivity contribution is 0.315. The van der Waals surface area contributed by atoms with Gasteiger partial charge in [-0.1, -0.05) is 24.3 Å². The molecule has 122 valence electrons. The fourth-order valence-electron chi connectivity index (χ4n) is 3.43. The molecule has 0 bridgehead atoms. The van der Waals surface area contributed by atoms with Crippen LogP contribution in [0.4, 0.5) is 0 Å². The number of aromatic nitrogens is 2. The Hall–Kier alpha value is -2.14. The van der Waals surface area contributed by atoms with Gasteiger partial charge in [0.15, 0.2) is 0 Å². The maximum absolute atomic E-state index is 12.0. The van der Waals surface area contributed by atoms with E-state index in [-0.39, 0.29) is 11.2 Å². The van der Waals surface area contributed by atoms with Crippen LogP contribution in [0.15, 0.2) is 39.9 Å². The molecule has 5 nitrogen and oxygen atoms in total. The first-order chi connectivity index (χ1) is 11.0. The largest absolute Gasteiger partial charge is 0.330 e. The molecule has 1 aliphatic heterocycles. The summed E-state index contributed by atoms with van der Waals surface area (Å²) in [7, 11) is 3.24. The second-order valence-corrected chi connectivity index (χ2v) is 6.45. The van der Waals surface area contributed by atoms with Crippen molar-refractivity contribution in [1.29, 1.82) is 0 Å². The van der Waals surface area contributed by atoms with Crippen LogP contribution in [0.2, 0.25) is 0 Å². The average molecular weight is 313 g/mol. The summed E-state index contributed by atoms with van der Waals surface area (Å²) in [6.07, 6.45) is 1.11. The number of benzene rings is 1. The maximum atomic E-state index is 12.0. The van der Waals surface area contributed by atoms with Gasteiger partial charge < -0.3 is 0 Å². The van der Waals surface area contributed by atoms with Gasteiger partial charge in [-0.2, -0.15) is 0 Å². The van der Waals surface area contributed by atoms with E-state index in [9.17, 15) is 9.59 Å². The molecule has 0 radical (unpaired) electrons. The molecular weight excluding hydrogens is 290 g/mol. The molecule has 1 unspecified atom stereocenters. The van der Waals surface area contributed by atoms with Crippen LogP contribution in [-0.4, -0.2) is 27.1 Å². The summed E-state index contributed by atoms with van der Waals surface area (Å²) >= 11 is 0. The van der Waals surface area contributed by atoms with E-state index in [4.69, 9.17) is 0 Å². The van der Waals surface area contributed by atoms with Gasteiger partial charge in [0, 0.05) is 38.9 Å². The fourth-order valence-corrected chi connectivity index (χ4v) is 3.43. The van der Waals surface area contributed by atoms with Crippen molar-refractivity contribution in [3.05, 3.63) is 68.0 Å². The predicted octanol–water partition coefficient (Wildman–Crippen LogP) is 1.38. The lowest BCUT2D eigenvalue weighted by atomic mass is 9.94. The number of rotatable bonds is 3. The van der Waals surface area contributed by atoms with Crippen LogP contribution in [0.25, 0.3) is 0 Å². The second kappa shape index (κ2) is 6.16. The zero-order valence-corrected chi connectivity index (χ0v) is 14.0. The number of likely N-dealkylation sites (tertiary alicyclic amines) is 1. The van der Waals surface area contributed by atoms with E-state index in [0.29, 0.717) is 12.5 Å². The van der Waals surface area contributed by atoms with Gasteiger partial charge in [-0.3, -0.25) is 18.8 Å². The van der Waals surface area contributed by atoms with E-state index in [1.165, 1.54) is 18.2 Å². The van der Waals surface area contributed by atoms with Crippen molar-refractivity contribution < 1.29 is 0 Å². The Morgan fingerprint density at radius 2 is 1.87 bits per heavy atom. The molecule has 1 aliphatic rings. The first-order valence-corrected chi connectivity index (χ1v) is 8.01. The normalized spacial score (nSPS) is 18.5. The molecule has 1 fully saturated rings. The molecule has 0 amide bonds.